The number of halogens is 1. The standard InChI is InChI=1S/C11H12ClNO3S/c1-8(14)13-5-4-9-6-11(17(12,15)16)3-2-10(9)7-13/h2-3,6H,4-5,7H2,1H3. The molecule has 17 heavy (non-hydrogen) atoms. The number of hydrogen-bond donors (Lipinski definition) is 0. The van der Waals surface area contributed by atoms with E-state index in [1.807, 2.05) is 0 Å². The second-order valence-electron chi connectivity index (χ2n) is 4.06. The average molecular weight is 274 g/mol. The third-order valence-corrected chi connectivity index (χ3v) is 4.27. The molecule has 0 N–H and O–H groups in total. The van der Waals surface area contributed by atoms with Crippen molar-refractivity contribution in [2.75, 3.05) is 6.54 Å². The van der Waals surface area contributed by atoms with Crippen LogP contribution in [0.1, 0.15) is 18.1 Å². The molecule has 0 spiro atoms. The van der Waals surface area contributed by atoms with Crippen LogP contribution in [0, 0.1) is 0 Å². The Morgan fingerprint density at radius 1 is 1.35 bits per heavy atom. The maximum atomic E-state index is 11.2. The molecular weight excluding hydrogens is 262 g/mol. The van der Waals surface area contributed by atoms with E-state index >= 15 is 0 Å². The van der Waals surface area contributed by atoms with Gasteiger partial charge in [-0.3, -0.25) is 4.79 Å². The predicted molar refractivity (Wildman–Crippen MR) is 64.3 cm³/mol. The summed E-state index contributed by atoms with van der Waals surface area (Å²) in [5, 5.41) is 0. The second kappa shape index (κ2) is 4.31. The van der Waals surface area contributed by atoms with E-state index in [0.717, 1.165) is 11.1 Å². The van der Waals surface area contributed by atoms with Crippen molar-refractivity contribution in [1.82, 2.24) is 4.90 Å². The molecular formula is C11H12ClNO3S. The first-order chi connectivity index (χ1) is 7.88. The number of amides is 1. The number of carbonyl (C=O) groups is 1. The van der Waals surface area contributed by atoms with Gasteiger partial charge in [0, 0.05) is 30.7 Å². The number of benzene rings is 1. The molecule has 1 amide bonds. The Morgan fingerprint density at radius 3 is 2.65 bits per heavy atom. The Balaban J connectivity index is 2.35. The summed E-state index contributed by atoms with van der Waals surface area (Å²) >= 11 is 0. The van der Waals surface area contributed by atoms with E-state index in [4.69, 9.17) is 10.7 Å². The fourth-order valence-corrected chi connectivity index (χ4v) is 2.75. The third kappa shape index (κ3) is 2.61. The Hall–Kier alpha value is -1.07. The molecule has 6 heteroatoms. The maximum absolute atomic E-state index is 11.2. The molecule has 92 valence electrons. The second-order valence-corrected chi connectivity index (χ2v) is 6.62. The summed E-state index contributed by atoms with van der Waals surface area (Å²) in [4.78, 5) is 13.1. The Labute approximate surface area is 105 Å². The zero-order chi connectivity index (χ0) is 12.6. The van der Waals surface area contributed by atoms with Crippen molar-refractivity contribution in [3.8, 4) is 0 Å². The molecule has 1 aromatic carbocycles. The zero-order valence-corrected chi connectivity index (χ0v) is 10.9. The highest BCUT2D eigenvalue weighted by Gasteiger charge is 2.20. The van der Waals surface area contributed by atoms with Gasteiger partial charge in [0.2, 0.25) is 5.91 Å². The van der Waals surface area contributed by atoms with Crippen LogP contribution in [0.3, 0.4) is 0 Å². The highest BCUT2D eigenvalue weighted by Crippen LogP contribution is 2.24. The molecule has 0 saturated heterocycles. The lowest BCUT2D eigenvalue weighted by atomic mass is 10.00. The van der Waals surface area contributed by atoms with Gasteiger partial charge >= 0.3 is 0 Å². The van der Waals surface area contributed by atoms with Crippen molar-refractivity contribution in [3.63, 3.8) is 0 Å². The molecule has 4 nitrogen and oxygen atoms in total. The van der Waals surface area contributed by atoms with Gasteiger partial charge in [-0.1, -0.05) is 6.07 Å². The van der Waals surface area contributed by atoms with Gasteiger partial charge in [0.1, 0.15) is 0 Å². The molecule has 0 bridgehead atoms. The van der Waals surface area contributed by atoms with E-state index in [1.165, 1.54) is 13.0 Å². The summed E-state index contributed by atoms with van der Waals surface area (Å²) in [5.41, 5.74) is 1.93. The zero-order valence-electron chi connectivity index (χ0n) is 9.31. The minimum absolute atomic E-state index is 0.0321. The number of fused-ring (bicyclic) bond motifs is 1. The normalized spacial score (nSPS) is 15.5. The van der Waals surface area contributed by atoms with Gasteiger partial charge in [-0.25, -0.2) is 8.42 Å². The van der Waals surface area contributed by atoms with Crippen LogP contribution in [0.4, 0.5) is 0 Å². The van der Waals surface area contributed by atoms with Gasteiger partial charge in [0.05, 0.1) is 4.90 Å². The highest BCUT2D eigenvalue weighted by atomic mass is 35.7. The van der Waals surface area contributed by atoms with E-state index < -0.39 is 9.05 Å². The molecule has 2 rings (SSSR count). The third-order valence-electron chi connectivity index (χ3n) is 2.92. The van der Waals surface area contributed by atoms with Gasteiger partial charge in [0.15, 0.2) is 0 Å². The minimum atomic E-state index is -3.67. The van der Waals surface area contributed by atoms with Crippen molar-refractivity contribution < 1.29 is 13.2 Å². The van der Waals surface area contributed by atoms with Crippen LogP contribution in [-0.2, 0) is 26.8 Å². The SMILES string of the molecule is CC(=O)N1CCc2cc(S(=O)(=O)Cl)ccc2C1. The lowest BCUT2D eigenvalue weighted by Gasteiger charge is -2.28. The molecule has 1 aliphatic rings. The molecule has 0 saturated carbocycles. The van der Waals surface area contributed by atoms with Crippen molar-refractivity contribution in [2.24, 2.45) is 0 Å². The number of rotatable bonds is 1. The topological polar surface area (TPSA) is 54.5 Å². The van der Waals surface area contributed by atoms with Crippen molar-refractivity contribution in [1.29, 1.82) is 0 Å². The first kappa shape index (κ1) is 12.4. The van der Waals surface area contributed by atoms with E-state index in [2.05, 4.69) is 0 Å². The number of hydrogen-bond acceptors (Lipinski definition) is 3. The molecule has 1 aromatic rings. The molecule has 0 aliphatic carbocycles. The summed E-state index contributed by atoms with van der Waals surface area (Å²) in [6, 6.07) is 4.79. The summed E-state index contributed by atoms with van der Waals surface area (Å²) in [5.74, 6) is 0.0321. The van der Waals surface area contributed by atoms with Crippen molar-refractivity contribution >= 4 is 25.6 Å². The van der Waals surface area contributed by atoms with Gasteiger partial charge in [-0.15, -0.1) is 0 Å². The number of carbonyl (C=O) groups excluding carboxylic acids is 1. The molecule has 0 fully saturated rings. The first-order valence-electron chi connectivity index (χ1n) is 5.20. The van der Waals surface area contributed by atoms with Crippen LogP contribution in [0.5, 0.6) is 0 Å². The average Bonchev–Trinajstić information content (AvgIpc) is 2.26. The Bertz CT molecular complexity index is 568. The van der Waals surface area contributed by atoms with Gasteiger partial charge in [-0.2, -0.15) is 0 Å². The molecule has 1 aliphatic heterocycles. The lowest BCUT2D eigenvalue weighted by molar-refractivity contribution is -0.129. The molecule has 0 radical (unpaired) electrons. The highest BCUT2D eigenvalue weighted by molar-refractivity contribution is 8.13. The largest absolute Gasteiger partial charge is 0.338 e. The minimum Gasteiger partial charge on any atom is -0.338 e. The van der Waals surface area contributed by atoms with Gasteiger partial charge < -0.3 is 4.90 Å². The van der Waals surface area contributed by atoms with E-state index in [9.17, 15) is 13.2 Å². The molecule has 0 unspecified atom stereocenters. The van der Waals surface area contributed by atoms with Crippen molar-refractivity contribution in [2.45, 2.75) is 24.8 Å². The Kier molecular flexibility index (Phi) is 3.14. The smallest absolute Gasteiger partial charge is 0.261 e. The van der Waals surface area contributed by atoms with Gasteiger partial charge in [0.25, 0.3) is 9.05 Å². The van der Waals surface area contributed by atoms with Crippen molar-refractivity contribution in [3.05, 3.63) is 29.3 Å². The van der Waals surface area contributed by atoms with Crippen LogP contribution >= 0.6 is 10.7 Å². The molecule has 1 heterocycles. The fourth-order valence-electron chi connectivity index (χ4n) is 1.95. The summed E-state index contributed by atoms with van der Waals surface area (Å²) < 4.78 is 22.4. The molecule has 0 aromatic heterocycles. The maximum Gasteiger partial charge on any atom is 0.261 e. The van der Waals surface area contributed by atoms with E-state index in [0.29, 0.717) is 19.5 Å². The van der Waals surface area contributed by atoms with Gasteiger partial charge in [-0.05, 0) is 29.7 Å². The summed E-state index contributed by atoms with van der Waals surface area (Å²) in [6.07, 6.45) is 0.662. The fraction of sp³-hybridized carbons (Fsp3) is 0.364. The molecule has 0 atom stereocenters. The lowest BCUT2D eigenvalue weighted by Crippen LogP contribution is -2.34. The van der Waals surface area contributed by atoms with Crippen LogP contribution < -0.4 is 0 Å². The van der Waals surface area contributed by atoms with Crippen LogP contribution in [0.25, 0.3) is 0 Å². The van der Waals surface area contributed by atoms with E-state index in [-0.39, 0.29) is 10.8 Å². The monoisotopic (exact) mass is 273 g/mol. The first-order valence-corrected chi connectivity index (χ1v) is 7.51. The predicted octanol–water partition coefficient (Wildman–Crippen LogP) is 1.52. The summed E-state index contributed by atoms with van der Waals surface area (Å²) in [6.45, 7) is 2.68. The quantitative estimate of drug-likeness (QED) is 0.729. The van der Waals surface area contributed by atoms with Crippen LogP contribution in [0.2, 0.25) is 0 Å². The van der Waals surface area contributed by atoms with E-state index in [1.54, 1.807) is 17.0 Å². The number of nitrogens with zero attached hydrogens (tertiary/aromatic N) is 1. The van der Waals surface area contributed by atoms with Crippen LogP contribution in [0.15, 0.2) is 23.1 Å². The summed E-state index contributed by atoms with van der Waals surface area (Å²) in [7, 11) is 1.61. The van der Waals surface area contributed by atoms with Crippen LogP contribution in [-0.4, -0.2) is 25.8 Å². The Morgan fingerprint density at radius 2 is 2.06 bits per heavy atom.